The van der Waals surface area contributed by atoms with E-state index in [0.29, 0.717) is 17.6 Å². The molecule has 0 heterocycles. The average molecular weight is 353 g/mol. The quantitative estimate of drug-likeness (QED) is 0.491. The molecule has 0 aromatic heterocycles. The first-order valence-electron chi connectivity index (χ1n) is 8.93. The summed E-state index contributed by atoms with van der Waals surface area (Å²) in [5.74, 6) is -0.567. The maximum absolute atomic E-state index is 12.7. The molecule has 0 bridgehead atoms. The summed E-state index contributed by atoms with van der Waals surface area (Å²) >= 11 is 0. The monoisotopic (exact) mass is 352 g/mol. The van der Waals surface area contributed by atoms with E-state index in [1.807, 2.05) is 55.4 Å². The average Bonchev–Trinajstić information content (AvgIpc) is 2.59. The number of allylic oxidation sites excluding steroid dienone is 4. The van der Waals surface area contributed by atoms with Gasteiger partial charge in [-0.3, -0.25) is 9.59 Å². The standard InChI is InChI=1S/C17H24O4.2C2H6/c1-10(2)8-9-17(4,5)12-11(3)13(18)15(20-6)16(21-7)14(12)19;2*1-2/h8H,9H2,1-7H3;2*1-2H3. The molecule has 0 unspecified atom stereocenters. The Kier molecular flexibility index (Phi) is 11.9. The van der Waals surface area contributed by atoms with Crippen molar-refractivity contribution in [3.05, 3.63) is 34.3 Å². The number of ether oxygens (including phenoxy) is 2. The Morgan fingerprint density at radius 3 is 1.68 bits per heavy atom. The second-order valence-electron chi connectivity index (χ2n) is 6.09. The van der Waals surface area contributed by atoms with Crippen LogP contribution in [0.5, 0.6) is 0 Å². The Morgan fingerprint density at radius 2 is 1.32 bits per heavy atom. The fourth-order valence-corrected chi connectivity index (χ4v) is 2.52. The summed E-state index contributed by atoms with van der Waals surface area (Å²) in [6, 6.07) is 0. The molecule has 0 saturated carbocycles. The number of rotatable bonds is 5. The highest BCUT2D eigenvalue weighted by Crippen LogP contribution is 2.39. The van der Waals surface area contributed by atoms with Crippen LogP contribution in [-0.2, 0) is 19.1 Å². The van der Waals surface area contributed by atoms with E-state index in [2.05, 4.69) is 6.08 Å². The van der Waals surface area contributed by atoms with Crippen molar-refractivity contribution in [1.29, 1.82) is 0 Å². The van der Waals surface area contributed by atoms with Crippen molar-refractivity contribution in [1.82, 2.24) is 0 Å². The summed E-state index contributed by atoms with van der Waals surface area (Å²) in [6.07, 6.45) is 2.75. The molecule has 0 radical (unpaired) electrons. The van der Waals surface area contributed by atoms with E-state index < -0.39 is 5.41 Å². The van der Waals surface area contributed by atoms with Crippen LogP contribution in [0.15, 0.2) is 34.3 Å². The van der Waals surface area contributed by atoms with Gasteiger partial charge < -0.3 is 9.47 Å². The SMILES string of the molecule is CC.CC.COC1=C(OC)C(=O)C(C(C)(C)CC=C(C)C)=C(C)C1=O. The molecule has 144 valence electrons. The second-order valence-corrected chi connectivity index (χ2v) is 6.09. The van der Waals surface area contributed by atoms with E-state index in [9.17, 15) is 9.59 Å². The van der Waals surface area contributed by atoms with Crippen LogP contribution in [-0.4, -0.2) is 25.8 Å². The molecule has 4 heteroatoms. The van der Waals surface area contributed by atoms with E-state index in [0.717, 1.165) is 0 Å². The van der Waals surface area contributed by atoms with Gasteiger partial charge in [-0.25, -0.2) is 0 Å². The van der Waals surface area contributed by atoms with E-state index in [-0.39, 0.29) is 23.1 Å². The highest BCUT2D eigenvalue weighted by atomic mass is 16.5. The first-order chi connectivity index (χ1) is 11.7. The van der Waals surface area contributed by atoms with Gasteiger partial charge in [-0.2, -0.15) is 0 Å². The minimum atomic E-state index is -0.447. The maximum atomic E-state index is 12.7. The van der Waals surface area contributed by atoms with Crippen LogP contribution in [0, 0.1) is 5.41 Å². The molecule has 0 aromatic carbocycles. The Bertz CT molecular complexity index is 556. The zero-order valence-corrected chi connectivity index (χ0v) is 17.9. The molecular weight excluding hydrogens is 316 g/mol. The smallest absolute Gasteiger partial charge is 0.228 e. The molecule has 0 amide bonds. The molecule has 0 aromatic rings. The lowest BCUT2D eigenvalue weighted by Gasteiger charge is -2.31. The van der Waals surface area contributed by atoms with Gasteiger partial charge in [0.25, 0.3) is 0 Å². The van der Waals surface area contributed by atoms with Gasteiger partial charge in [0.1, 0.15) is 0 Å². The van der Waals surface area contributed by atoms with Gasteiger partial charge in [0.2, 0.25) is 23.1 Å². The van der Waals surface area contributed by atoms with Crippen molar-refractivity contribution in [2.24, 2.45) is 5.41 Å². The van der Waals surface area contributed by atoms with Crippen molar-refractivity contribution in [3.63, 3.8) is 0 Å². The number of hydrogen-bond acceptors (Lipinski definition) is 4. The van der Waals surface area contributed by atoms with Crippen LogP contribution in [0.4, 0.5) is 0 Å². The van der Waals surface area contributed by atoms with E-state index in [4.69, 9.17) is 9.47 Å². The Morgan fingerprint density at radius 1 is 0.920 bits per heavy atom. The highest BCUT2D eigenvalue weighted by molar-refractivity contribution is 6.23. The molecule has 0 saturated heterocycles. The Labute approximate surface area is 154 Å². The van der Waals surface area contributed by atoms with E-state index >= 15 is 0 Å². The van der Waals surface area contributed by atoms with Crippen molar-refractivity contribution in [2.75, 3.05) is 14.2 Å². The number of Topliss-reactive ketones (excluding diaryl/α,β-unsaturated/α-hetero) is 2. The lowest BCUT2D eigenvalue weighted by molar-refractivity contribution is -0.121. The molecular formula is C21H36O4. The Hall–Kier alpha value is -1.84. The van der Waals surface area contributed by atoms with E-state index in [1.165, 1.54) is 19.8 Å². The van der Waals surface area contributed by atoms with E-state index in [1.54, 1.807) is 6.92 Å². The summed E-state index contributed by atoms with van der Waals surface area (Å²) in [7, 11) is 2.74. The fraction of sp³-hybridized carbons (Fsp3) is 0.619. The molecule has 0 aliphatic heterocycles. The van der Waals surface area contributed by atoms with Gasteiger partial charge in [-0.05, 0) is 32.6 Å². The number of hydrogen-bond donors (Lipinski definition) is 0. The predicted molar refractivity (Wildman–Crippen MR) is 104 cm³/mol. The third-order valence-corrected chi connectivity index (χ3v) is 3.67. The first kappa shape index (κ1) is 25.4. The number of methoxy groups -OCH3 is 2. The number of carbonyl (C=O) groups excluding carboxylic acids is 2. The molecule has 1 rings (SSSR count). The van der Waals surface area contributed by atoms with Crippen LogP contribution in [0.3, 0.4) is 0 Å². The molecule has 1 aliphatic carbocycles. The third-order valence-electron chi connectivity index (χ3n) is 3.67. The molecule has 0 spiro atoms. The fourth-order valence-electron chi connectivity index (χ4n) is 2.52. The normalized spacial score (nSPS) is 14.2. The minimum absolute atomic E-state index is 0.00613. The zero-order valence-electron chi connectivity index (χ0n) is 17.9. The number of carbonyl (C=O) groups is 2. The van der Waals surface area contributed by atoms with Crippen molar-refractivity contribution in [2.45, 2.75) is 68.7 Å². The van der Waals surface area contributed by atoms with Crippen LogP contribution in [0.1, 0.15) is 68.7 Å². The molecule has 0 fully saturated rings. The van der Waals surface area contributed by atoms with Gasteiger partial charge in [-0.15, -0.1) is 0 Å². The molecule has 1 aliphatic rings. The van der Waals surface area contributed by atoms with Gasteiger partial charge >= 0.3 is 0 Å². The first-order valence-corrected chi connectivity index (χ1v) is 8.93. The summed E-state index contributed by atoms with van der Waals surface area (Å²) in [5.41, 5.74) is 1.67. The van der Waals surface area contributed by atoms with Crippen LogP contribution < -0.4 is 0 Å². The topological polar surface area (TPSA) is 52.6 Å². The van der Waals surface area contributed by atoms with Crippen molar-refractivity contribution < 1.29 is 19.1 Å². The maximum Gasteiger partial charge on any atom is 0.228 e. The third kappa shape index (κ3) is 6.18. The lowest BCUT2D eigenvalue weighted by Crippen LogP contribution is -2.32. The predicted octanol–water partition coefficient (Wildman–Crippen LogP) is 5.39. The molecule has 0 atom stereocenters. The van der Waals surface area contributed by atoms with Crippen LogP contribution >= 0.6 is 0 Å². The Balaban J connectivity index is 0. The van der Waals surface area contributed by atoms with Gasteiger partial charge in [-0.1, -0.05) is 53.2 Å². The molecule has 0 N–H and O–H groups in total. The van der Waals surface area contributed by atoms with Gasteiger partial charge in [0.05, 0.1) is 14.2 Å². The van der Waals surface area contributed by atoms with Gasteiger partial charge in [0.15, 0.2) is 0 Å². The largest absolute Gasteiger partial charge is 0.489 e. The summed E-state index contributed by atoms with van der Waals surface area (Å²) in [6.45, 7) is 17.6. The highest BCUT2D eigenvalue weighted by Gasteiger charge is 2.40. The summed E-state index contributed by atoms with van der Waals surface area (Å²) in [5, 5.41) is 0. The summed E-state index contributed by atoms with van der Waals surface area (Å²) < 4.78 is 10.2. The minimum Gasteiger partial charge on any atom is -0.489 e. The number of ketones is 2. The summed E-state index contributed by atoms with van der Waals surface area (Å²) in [4.78, 5) is 25.1. The second kappa shape index (κ2) is 11.7. The van der Waals surface area contributed by atoms with Crippen LogP contribution in [0.25, 0.3) is 0 Å². The lowest BCUT2D eigenvalue weighted by atomic mass is 9.73. The molecule has 4 nitrogen and oxygen atoms in total. The van der Waals surface area contributed by atoms with Crippen LogP contribution in [0.2, 0.25) is 0 Å². The van der Waals surface area contributed by atoms with Crippen molar-refractivity contribution in [3.8, 4) is 0 Å². The van der Waals surface area contributed by atoms with Crippen molar-refractivity contribution >= 4 is 11.6 Å². The van der Waals surface area contributed by atoms with Gasteiger partial charge in [0, 0.05) is 11.1 Å². The molecule has 25 heavy (non-hydrogen) atoms. The zero-order chi connectivity index (χ0) is 20.4.